The summed E-state index contributed by atoms with van der Waals surface area (Å²) in [7, 11) is 2.18. The second-order valence-corrected chi connectivity index (χ2v) is 8.86. The lowest BCUT2D eigenvalue weighted by molar-refractivity contribution is 0.0128. The first kappa shape index (κ1) is 20.9. The Kier molecular flexibility index (Phi) is 5.83. The molecule has 0 saturated carbocycles. The molecule has 1 spiro atoms. The average molecular weight is 408 g/mol. The molecule has 3 heterocycles. The fourth-order valence-corrected chi connectivity index (χ4v) is 5.18. The highest BCUT2D eigenvalue weighted by atomic mass is 16.2. The summed E-state index contributed by atoms with van der Waals surface area (Å²) in [5.74, 6) is 0.251. The first-order valence-corrected chi connectivity index (χ1v) is 11.3. The second kappa shape index (κ2) is 8.38. The van der Waals surface area contributed by atoms with Gasteiger partial charge in [-0.1, -0.05) is 25.5 Å². The van der Waals surface area contributed by atoms with Crippen molar-refractivity contribution < 1.29 is 9.59 Å². The van der Waals surface area contributed by atoms with Crippen LogP contribution in [-0.4, -0.2) is 52.7 Å². The first-order valence-electron chi connectivity index (χ1n) is 11.3. The predicted octanol–water partition coefficient (Wildman–Crippen LogP) is 4.11. The third kappa shape index (κ3) is 3.60. The number of ketones is 1. The zero-order valence-electron chi connectivity index (χ0n) is 18.5. The van der Waals surface area contributed by atoms with Gasteiger partial charge >= 0.3 is 0 Å². The summed E-state index contributed by atoms with van der Waals surface area (Å²) in [5, 5.41) is 0. The number of amides is 1. The minimum atomic E-state index is -0.0905. The summed E-state index contributed by atoms with van der Waals surface area (Å²) in [5.41, 5.74) is 4.03. The Hall–Kier alpha value is -2.40. The molecule has 5 nitrogen and oxygen atoms in total. The van der Waals surface area contributed by atoms with Gasteiger partial charge in [-0.2, -0.15) is 0 Å². The Morgan fingerprint density at radius 1 is 0.967 bits per heavy atom. The quantitative estimate of drug-likeness (QED) is 0.701. The second-order valence-electron chi connectivity index (χ2n) is 8.86. The van der Waals surface area contributed by atoms with Crippen LogP contribution in [0.4, 0.5) is 0 Å². The minimum Gasteiger partial charge on any atom is -0.339 e. The Labute approximate surface area is 179 Å². The van der Waals surface area contributed by atoms with Gasteiger partial charge in [0.2, 0.25) is 0 Å². The molecule has 0 aliphatic carbocycles. The molecule has 0 N–H and O–H groups in total. The van der Waals surface area contributed by atoms with Crippen molar-refractivity contribution in [2.24, 2.45) is 0 Å². The Balaban J connectivity index is 1.48. The number of Topliss-reactive ketones (excluding diaryl/α,β-unsaturated/α-hetero) is 1. The maximum absolute atomic E-state index is 13.1. The number of unbranched alkanes of at least 4 members (excludes halogenated alkanes) is 1. The number of rotatable bonds is 5. The highest BCUT2D eigenvalue weighted by molar-refractivity contribution is 5.94. The summed E-state index contributed by atoms with van der Waals surface area (Å²) in [6.07, 6.45) is 5.23. The van der Waals surface area contributed by atoms with Crippen molar-refractivity contribution in [3.63, 3.8) is 0 Å². The highest BCUT2D eigenvalue weighted by Crippen LogP contribution is 2.41. The van der Waals surface area contributed by atoms with Crippen LogP contribution in [0.25, 0.3) is 0 Å². The Morgan fingerprint density at radius 2 is 1.67 bits per heavy atom. The van der Waals surface area contributed by atoms with Crippen molar-refractivity contribution in [3.05, 3.63) is 58.9 Å². The molecule has 1 aromatic heterocycles. The smallest absolute Gasteiger partial charge is 0.253 e. The van der Waals surface area contributed by atoms with E-state index in [9.17, 15) is 9.59 Å². The molecular formula is C25H33N3O2. The monoisotopic (exact) mass is 407 g/mol. The number of piperidine rings is 1. The third-order valence-corrected chi connectivity index (χ3v) is 7.11. The number of nitrogens with zero attached hydrogens (tertiary/aromatic N) is 3. The van der Waals surface area contributed by atoms with E-state index in [0.29, 0.717) is 0 Å². The molecule has 160 valence electrons. The van der Waals surface area contributed by atoms with Crippen molar-refractivity contribution in [2.75, 3.05) is 26.7 Å². The van der Waals surface area contributed by atoms with Crippen molar-refractivity contribution in [2.45, 2.75) is 58.0 Å². The van der Waals surface area contributed by atoms with Gasteiger partial charge in [0.1, 0.15) is 0 Å². The van der Waals surface area contributed by atoms with Gasteiger partial charge in [-0.25, -0.2) is 0 Å². The largest absolute Gasteiger partial charge is 0.339 e. The lowest BCUT2D eigenvalue weighted by atomic mass is 9.81. The van der Waals surface area contributed by atoms with Crippen LogP contribution in [0.1, 0.15) is 71.6 Å². The lowest BCUT2D eigenvalue weighted by Gasteiger charge is -2.50. The molecular weight excluding hydrogens is 374 g/mol. The van der Waals surface area contributed by atoms with E-state index >= 15 is 0 Å². The van der Waals surface area contributed by atoms with Gasteiger partial charge in [0.05, 0.1) is 11.2 Å². The molecule has 0 unspecified atom stereocenters. The van der Waals surface area contributed by atoms with Crippen LogP contribution < -0.4 is 0 Å². The van der Waals surface area contributed by atoms with Crippen LogP contribution in [0.3, 0.4) is 0 Å². The molecule has 1 amide bonds. The predicted molar refractivity (Wildman–Crippen MR) is 119 cm³/mol. The van der Waals surface area contributed by atoms with Gasteiger partial charge in [-0.15, -0.1) is 0 Å². The molecule has 4 rings (SSSR count). The molecule has 1 saturated heterocycles. The van der Waals surface area contributed by atoms with Gasteiger partial charge in [-0.05, 0) is 62.6 Å². The molecule has 2 aliphatic heterocycles. The van der Waals surface area contributed by atoms with Crippen molar-refractivity contribution in [1.29, 1.82) is 0 Å². The molecule has 1 aromatic carbocycles. The summed E-state index contributed by atoms with van der Waals surface area (Å²) in [6.45, 7) is 7.09. The standard InChI is InChI=1S/C25H33N3O2/c1-4-5-6-20-7-9-21(10-8-20)24(30)27-15-13-25(14-16-27)23-12-11-22(19(2)29)28(23)18-17-26(25)3/h7-12H,4-6,13-18H2,1-3H3. The summed E-state index contributed by atoms with van der Waals surface area (Å²) < 4.78 is 2.20. The van der Waals surface area contributed by atoms with E-state index in [4.69, 9.17) is 0 Å². The molecule has 5 heteroatoms. The maximum Gasteiger partial charge on any atom is 0.253 e. The van der Waals surface area contributed by atoms with E-state index in [0.717, 1.165) is 56.7 Å². The van der Waals surface area contributed by atoms with E-state index in [1.54, 1.807) is 6.92 Å². The number of carbonyl (C=O) groups is 2. The van der Waals surface area contributed by atoms with E-state index in [1.807, 2.05) is 23.1 Å². The first-order chi connectivity index (χ1) is 14.5. The zero-order chi connectivity index (χ0) is 21.3. The van der Waals surface area contributed by atoms with Crippen molar-refractivity contribution in [1.82, 2.24) is 14.4 Å². The number of likely N-dealkylation sites (tertiary alicyclic amines) is 1. The number of aromatic nitrogens is 1. The number of hydrogen-bond donors (Lipinski definition) is 0. The molecule has 0 radical (unpaired) electrons. The fraction of sp³-hybridized carbons (Fsp3) is 0.520. The molecule has 0 bridgehead atoms. The van der Waals surface area contributed by atoms with Gasteiger partial charge < -0.3 is 9.47 Å². The molecule has 0 atom stereocenters. The van der Waals surface area contributed by atoms with Gasteiger partial charge in [0, 0.05) is 44.4 Å². The van der Waals surface area contributed by atoms with Crippen LogP contribution >= 0.6 is 0 Å². The number of fused-ring (bicyclic) bond motifs is 2. The molecule has 1 fully saturated rings. The summed E-state index contributed by atoms with van der Waals surface area (Å²) >= 11 is 0. The third-order valence-electron chi connectivity index (χ3n) is 7.11. The Morgan fingerprint density at radius 3 is 2.30 bits per heavy atom. The van der Waals surface area contributed by atoms with E-state index in [-0.39, 0.29) is 17.2 Å². The zero-order valence-corrected chi connectivity index (χ0v) is 18.5. The van der Waals surface area contributed by atoms with Gasteiger partial charge in [0.15, 0.2) is 5.78 Å². The maximum atomic E-state index is 13.1. The molecule has 30 heavy (non-hydrogen) atoms. The van der Waals surface area contributed by atoms with E-state index < -0.39 is 0 Å². The average Bonchev–Trinajstić information content (AvgIpc) is 3.21. The number of hydrogen-bond acceptors (Lipinski definition) is 3. The topological polar surface area (TPSA) is 45.6 Å². The normalized spacial score (nSPS) is 18.4. The number of benzene rings is 1. The minimum absolute atomic E-state index is 0.0905. The molecule has 2 aliphatic rings. The van der Waals surface area contributed by atoms with Crippen LogP contribution in [0.5, 0.6) is 0 Å². The fourth-order valence-electron chi connectivity index (χ4n) is 5.18. The highest BCUT2D eigenvalue weighted by Gasteiger charge is 2.45. The Bertz CT molecular complexity index is 920. The summed E-state index contributed by atoms with van der Waals surface area (Å²) in [4.78, 5) is 29.5. The van der Waals surface area contributed by atoms with Crippen LogP contribution in [0, 0.1) is 0 Å². The number of aryl methyl sites for hydroxylation is 1. The van der Waals surface area contributed by atoms with Crippen LogP contribution in [-0.2, 0) is 18.5 Å². The van der Waals surface area contributed by atoms with Crippen molar-refractivity contribution >= 4 is 11.7 Å². The van der Waals surface area contributed by atoms with Crippen molar-refractivity contribution in [3.8, 4) is 0 Å². The summed E-state index contributed by atoms with van der Waals surface area (Å²) in [6, 6.07) is 12.2. The number of carbonyl (C=O) groups excluding carboxylic acids is 2. The van der Waals surface area contributed by atoms with Crippen LogP contribution in [0.15, 0.2) is 36.4 Å². The van der Waals surface area contributed by atoms with Gasteiger partial charge in [0.25, 0.3) is 5.91 Å². The number of likely N-dealkylation sites (N-methyl/N-ethyl adjacent to an activating group) is 1. The van der Waals surface area contributed by atoms with E-state index in [2.05, 4.69) is 41.6 Å². The molecule has 2 aromatic rings. The lowest BCUT2D eigenvalue weighted by Crippen LogP contribution is -2.56. The SMILES string of the molecule is CCCCc1ccc(C(=O)N2CCC3(CC2)c2ccc(C(C)=O)n2CCN3C)cc1. The van der Waals surface area contributed by atoms with Gasteiger partial charge in [-0.3, -0.25) is 14.5 Å². The van der Waals surface area contributed by atoms with Crippen LogP contribution in [0.2, 0.25) is 0 Å². The van der Waals surface area contributed by atoms with E-state index in [1.165, 1.54) is 24.1 Å².